The number of anilines is 1. The largest absolute Gasteiger partial charge is 0.372 e. The predicted octanol–water partition coefficient (Wildman–Crippen LogP) is 8.00. The summed E-state index contributed by atoms with van der Waals surface area (Å²) < 4.78 is 24.5. The van der Waals surface area contributed by atoms with Gasteiger partial charge in [0, 0.05) is 5.69 Å². The molecule has 0 heterocycles. The Morgan fingerprint density at radius 1 is 0.786 bits per heavy atom. The van der Waals surface area contributed by atoms with E-state index in [0.29, 0.717) is 13.2 Å². The molecule has 162 valence electrons. The van der Waals surface area contributed by atoms with Gasteiger partial charge in [-0.3, -0.25) is 4.57 Å². The summed E-state index contributed by atoms with van der Waals surface area (Å²) in [6, 6.07) is 9.92. The average molecular weight is 412 g/mol. The number of benzene rings is 1. The first kappa shape index (κ1) is 25.2. The van der Waals surface area contributed by atoms with E-state index in [2.05, 4.69) is 12.2 Å². The summed E-state index contributed by atoms with van der Waals surface area (Å²) in [5.41, 5.74) is 0.958. The fourth-order valence-electron chi connectivity index (χ4n) is 3.44. The molecule has 1 unspecified atom stereocenters. The van der Waals surface area contributed by atoms with Crippen LogP contribution in [0.2, 0.25) is 0 Å². The van der Waals surface area contributed by atoms with Crippen LogP contribution in [0.4, 0.5) is 5.69 Å². The zero-order chi connectivity index (χ0) is 20.5. The van der Waals surface area contributed by atoms with Gasteiger partial charge >= 0.3 is 7.60 Å². The van der Waals surface area contributed by atoms with Crippen molar-refractivity contribution in [2.75, 3.05) is 18.5 Å². The van der Waals surface area contributed by atoms with E-state index in [-0.39, 0.29) is 5.78 Å². The summed E-state index contributed by atoms with van der Waals surface area (Å²) in [7, 11) is -3.18. The van der Waals surface area contributed by atoms with E-state index in [1.807, 2.05) is 44.2 Å². The van der Waals surface area contributed by atoms with Gasteiger partial charge in [0.2, 0.25) is 0 Å². The second-order valence-electron chi connectivity index (χ2n) is 7.37. The molecule has 0 fully saturated rings. The summed E-state index contributed by atoms with van der Waals surface area (Å²) >= 11 is 0. The van der Waals surface area contributed by atoms with Crippen molar-refractivity contribution in [2.24, 2.45) is 0 Å². The van der Waals surface area contributed by atoms with Crippen molar-refractivity contribution in [1.29, 1.82) is 0 Å². The Bertz CT molecular complexity index is 514. The maximum absolute atomic E-state index is 13.3. The molecule has 1 rings (SSSR count). The lowest BCUT2D eigenvalue weighted by Gasteiger charge is -2.28. The summed E-state index contributed by atoms with van der Waals surface area (Å²) in [6.45, 7) is 6.78. The molecule has 5 heteroatoms. The summed E-state index contributed by atoms with van der Waals surface area (Å²) in [5.74, 6) is -0.302. The molecular formula is C23H42NO3P. The van der Waals surface area contributed by atoms with Gasteiger partial charge in [-0.2, -0.15) is 0 Å². The third-order valence-electron chi connectivity index (χ3n) is 4.94. The monoisotopic (exact) mass is 411 g/mol. The smallest absolute Gasteiger partial charge is 0.352 e. The summed E-state index contributed by atoms with van der Waals surface area (Å²) in [6.07, 6.45) is 13.7. The number of unbranched alkanes of at least 4 members (excludes halogenated alkanes) is 9. The molecule has 1 N–H and O–H groups in total. The van der Waals surface area contributed by atoms with Crippen molar-refractivity contribution in [2.45, 2.75) is 97.2 Å². The Balaban J connectivity index is 2.44. The lowest BCUT2D eigenvalue weighted by atomic mass is 10.1. The predicted molar refractivity (Wildman–Crippen MR) is 121 cm³/mol. The molecule has 0 saturated heterocycles. The SMILES string of the molecule is CCCCCCCCCCCCC(Nc1ccccc1)P(=O)(OCC)OCC. The van der Waals surface area contributed by atoms with Crippen LogP contribution in [0.25, 0.3) is 0 Å². The van der Waals surface area contributed by atoms with Crippen molar-refractivity contribution < 1.29 is 13.6 Å². The molecule has 0 saturated carbocycles. The highest BCUT2D eigenvalue weighted by Gasteiger charge is 2.35. The quantitative estimate of drug-likeness (QED) is 0.196. The molecule has 0 aromatic heterocycles. The van der Waals surface area contributed by atoms with Crippen molar-refractivity contribution in [3.8, 4) is 0 Å². The van der Waals surface area contributed by atoms with Gasteiger partial charge in [-0.25, -0.2) is 0 Å². The third-order valence-corrected chi connectivity index (χ3v) is 7.32. The van der Waals surface area contributed by atoms with Gasteiger partial charge in [-0.05, 0) is 32.4 Å². The first-order chi connectivity index (χ1) is 13.7. The van der Waals surface area contributed by atoms with Crippen LogP contribution in [0.3, 0.4) is 0 Å². The molecule has 1 atom stereocenters. The summed E-state index contributed by atoms with van der Waals surface area (Å²) in [5, 5.41) is 3.41. The fraction of sp³-hybridized carbons (Fsp3) is 0.739. The van der Waals surface area contributed by atoms with Gasteiger partial charge in [-0.1, -0.05) is 89.3 Å². The molecular weight excluding hydrogens is 369 g/mol. The molecule has 28 heavy (non-hydrogen) atoms. The maximum atomic E-state index is 13.3. The lowest BCUT2D eigenvalue weighted by Crippen LogP contribution is -2.22. The van der Waals surface area contributed by atoms with Gasteiger partial charge in [0.25, 0.3) is 0 Å². The number of para-hydroxylation sites is 1. The molecule has 0 aliphatic heterocycles. The maximum Gasteiger partial charge on any atom is 0.352 e. The zero-order valence-corrected chi connectivity index (χ0v) is 19.2. The second kappa shape index (κ2) is 16.0. The van der Waals surface area contributed by atoms with Gasteiger partial charge in [-0.15, -0.1) is 0 Å². The number of nitrogens with one attached hydrogen (secondary N) is 1. The van der Waals surface area contributed by atoms with E-state index < -0.39 is 7.60 Å². The van der Waals surface area contributed by atoms with Crippen molar-refractivity contribution in [3.05, 3.63) is 30.3 Å². The van der Waals surface area contributed by atoms with Gasteiger partial charge in [0.1, 0.15) is 5.78 Å². The molecule has 0 bridgehead atoms. The van der Waals surface area contributed by atoms with Crippen LogP contribution >= 0.6 is 7.60 Å². The van der Waals surface area contributed by atoms with Gasteiger partial charge < -0.3 is 14.4 Å². The summed E-state index contributed by atoms with van der Waals surface area (Å²) in [4.78, 5) is 0. The van der Waals surface area contributed by atoms with Crippen LogP contribution in [0.1, 0.15) is 91.4 Å². The van der Waals surface area contributed by atoms with E-state index in [4.69, 9.17) is 9.05 Å². The molecule has 4 nitrogen and oxygen atoms in total. The minimum Gasteiger partial charge on any atom is -0.372 e. The van der Waals surface area contributed by atoms with E-state index >= 15 is 0 Å². The number of hydrogen-bond donors (Lipinski definition) is 1. The second-order valence-corrected chi connectivity index (χ2v) is 9.59. The first-order valence-electron chi connectivity index (χ1n) is 11.4. The average Bonchev–Trinajstić information content (AvgIpc) is 2.69. The van der Waals surface area contributed by atoms with Crippen LogP contribution in [0.5, 0.6) is 0 Å². The molecule has 0 aliphatic rings. The molecule has 0 amide bonds. The fourth-order valence-corrected chi connectivity index (χ4v) is 5.40. The Morgan fingerprint density at radius 2 is 1.29 bits per heavy atom. The zero-order valence-electron chi connectivity index (χ0n) is 18.3. The molecule has 1 aromatic carbocycles. The first-order valence-corrected chi connectivity index (χ1v) is 13.0. The van der Waals surface area contributed by atoms with E-state index in [9.17, 15) is 4.57 Å². The van der Waals surface area contributed by atoms with Gasteiger partial charge in [0.15, 0.2) is 0 Å². The van der Waals surface area contributed by atoms with Crippen LogP contribution in [-0.2, 0) is 13.6 Å². The Labute approximate surface area is 173 Å². The highest BCUT2D eigenvalue weighted by Crippen LogP contribution is 2.54. The normalized spacial score (nSPS) is 12.8. The minimum atomic E-state index is -3.18. The van der Waals surface area contributed by atoms with Crippen LogP contribution < -0.4 is 5.32 Å². The molecule has 1 aromatic rings. The highest BCUT2D eigenvalue weighted by molar-refractivity contribution is 7.54. The minimum absolute atomic E-state index is 0.302. The lowest BCUT2D eigenvalue weighted by molar-refractivity contribution is 0.212. The van der Waals surface area contributed by atoms with E-state index in [1.54, 1.807) is 0 Å². The van der Waals surface area contributed by atoms with Crippen molar-refractivity contribution in [3.63, 3.8) is 0 Å². The molecule has 0 spiro atoms. The molecule has 0 aliphatic carbocycles. The van der Waals surface area contributed by atoms with Gasteiger partial charge in [0.05, 0.1) is 13.2 Å². The standard InChI is InChI=1S/C23H42NO3P/c1-4-7-8-9-10-11-12-13-14-18-21-23(24-22-19-16-15-17-20-22)28(25,26-5-2)27-6-3/h15-17,19-20,23-24H,4-14,18,21H2,1-3H3. The van der Waals surface area contributed by atoms with Crippen LogP contribution in [0.15, 0.2) is 30.3 Å². The molecule has 0 radical (unpaired) electrons. The van der Waals surface area contributed by atoms with Crippen molar-refractivity contribution >= 4 is 13.3 Å². The topological polar surface area (TPSA) is 47.6 Å². The number of hydrogen-bond acceptors (Lipinski definition) is 4. The Morgan fingerprint density at radius 3 is 1.79 bits per heavy atom. The van der Waals surface area contributed by atoms with E-state index in [0.717, 1.165) is 18.5 Å². The Kier molecular flexibility index (Phi) is 14.4. The van der Waals surface area contributed by atoms with Crippen LogP contribution in [0, 0.1) is 0 Å². The van der Waals surface area contributed by atoms with Crippen LogP contribution in [-0.4, -0.2) is 19.0 Å². The van der Waals surface area contributed by atoms with Crippen molar-refractivity contribution in [1.82, 2.24) is 0 Å². The highest BCUT2D eigenvalue weighted by atomic mass is 31.2. The number of rotatable bonds is 18. The third kappa shape index (κ3) is 10.6. The van der Waals surface area contributed by atoms with E-state index in [1.165, 1.54) is 57.8 Å². The Hall–Kier alpha value is -0.830.